The van der Waals surface area contributed by atoms with E-state index in [0.717, 1.165) is 0 Å². The van der Waals surface area contributed by atoms with Crippen molar-refractivity contribution in [3.63, 3.8) is 0 Å². The number of carboxylic acids is 1. The average Bonchev–Trinajstić information content (AvgIpc) is 3.27. The number of H-pyrrole nitrogens is 1. The number of nitrogens with two attached hydrogens (primary N) is 2. The fraction of sp³-hybridized carbons (Fsp3) is 0.600. The molecule has 0 saturated carbocycles. The number of thiol groups is 1. The molecule has 0 aliphatic heterocycles. The minimum absolute atomic E-state index is 0.0387. The highest BCUT2D eigenvalue weighted by Crippen LogP contribution is 2.08. The number of nitrogens with zero attached hydrogens (tertiary/aromatic N) is 1. The van der Waals surface area contributed by atoms with Crippen molar-refractivity contribution in [2.45, 2.75) is 63.7 Å². The van der Waals surface area contributed by atoms with Crippen LogP contribution in [0.1, 0.15) is 38.8 Å². The normalized spacial score (nSPS) is 14.5. The van der Waals surface area contributed by atoms with Gasteiger partial charge in [-0.2, -0.15) is 12.6 Å². The number of carboxylic acid groups (broad SMARTS) is 1. The number of carbonyl (C=O) groups is 5. The Hall–Kier alpha value is -3.13. The van der Waals surface area contributed by atoms with Crippen LogP contribution in [-0.4, -0.2) is 74.6 Å². The van der Waals surface area contributed by atoms with Crippen molar-refractivity contribution >= 4 is 42.2 Å². The number of primary amides is 1. The van der Waals surface area contributed by atoms with Crippen molar-refractivity contribution in [3.8, 4) is 0 Å². The molecule has 4 amide bonds. The Morgan fingerprint density at radius 2 is 1.65 bits per heavy atom. The first-order valence-corrected chi connectivity index (χ1v) is 11.3. The number of carbonyl (C=O) groups excluding carboxylic acids is 4. The molecule has 0 aromatic carbocycles. The number of nitrogens with one attached hydrogen (secondary N) is 4. The summed E-state index contributed by atoms with van der Waals surface area (Å²) < 4.78 is 0. The second kappa shape index (κ2) is 14.2. The van der Waals surface area contributed by atoms with Gasteiger partial charge in [-0.25, -0.2) is 9.78 Å². The second-order valence-corrected chi connectivity index (χ2v) is 8.59. The number of aliphatic carboxylic acids is 1. The van der Waals surface area contributed by atoms with E-state index in [1.165, 1.54) is 12.5 Å². The van der Waals surface area contributed by atoms with Gasteiger partial charge in [0.25, 0.3) is 0 Å². The summed E-state index contributed by atoms with van der Waals surface area (Å²) in [7, 11) is 0. The van der Waals surface area contributed by atoms with Crippen LogP contribution in [0.4, 0.5) is 0 Å². The molecule has 1 aromatic rings. The van der Waals surface area contributed by atoms with E-state index in [1.807, 2.05) is 13.8 Å². The van der Waals surface area contributed by atoms with Gasteiger partial charge < -0.3 is 37.5 Å². The smallest absolute Gasteiger partial charge is 0.326 e. The molecule has 0 bridgehead atoms. The summed E-state index contributed by atoms with van der Waals surface area (Å²) in [5, 5.41) is 16.8. The maximum atomic E-state index is 13.1. The van der Waals surface area contributed by atoms with Crippen molar-refractivity contribution in [1.82, 2.24) is 25.9 Å². The zero-order valence-corrected chi connectivity index (χ0v) is 20.0. The van der Waals surface area contributed by atoms with Crippen molar-refractivity contribution in [2.24, 2.45) is 17.4 Å². The van der Waals surface area contributed by atoms with Gasteiger partial charge in [0.2, 0.25) is 23.6 Å². The SMILES string of the molecule is CC(C)CC(NC(=O)C(Cc1cnc[nH]1)NC(=O)C(N)CS)C(=O)NC(CCC(N)=O)C(=O)O. The highest BCUT2D eigenvalue weighted by molar-refractivity contribution is 7.80. The summed E-state index contributed by atoms with van der Waals surface area (Å²) in [4.78, 5) is 67.4. The monoisotopic (exact) mass is 499 g/mol. The molecule has 0 aliphatic carbocycles. The minimum Gasteiger partial charge on any atom is -0.480 e. The van der Waals surface area contributed by atoms with E-state index in [4.69, 9.17) is 11.5 Å². The lowest BCUT2D eigenvalue weighted by Gasteiger charge is -2.26. The molecular formula is C20H33N7O6S. The number of hydrogen-bond donors (Lipinski definition) is 8. The summed E-state index contributed by atoms with van der Waals surface area (Å²) in [5.41, 5.74) is 11.3. The van der Waals surface area contributed by atoms with Gasteiger partial charge in [0.1, 0.15) is 18.1 Å². The van der Waals surface area contributed by atoms with Crippen LogP contribution in [0, 0.1) is 5.92 Å². The lowest BCUT2D eigenvalue weighted by molar-refractivity contribution is -0.142. The van der Waals surface area contributed by atoms with Crippen LogP contribution in [0.25, 0.3) is 0 Å². The van der Waals surface area contributed by atoms with Crippen molar-refractivity contribution in [3.05, 3.63) is 18.2 Å². The van der Waals surface area contributed by atoms with E-state index in [-0.39, 0.29) is 37.4 Å². The number of imidazole rings is 1. The van der Waals surface area contributed by atoms with Crippen LogP contribution >= 0.6 is 12.6 Å². The molecule has 1 heterocycles. The maximum Gasteiger partial charge on any atom is 0.326 e. The number of amides is 4. The van der Waals surface area contributed by atoms with Crippen LogP contribution in [-0.2, 0) is 30.4 Å². The Balaban J connectivity index is 3.02. The van der Waals surface area contributed by atoms with Gasteiger partial charge in [0, 0.05) is 30.5 Å². The molecule has 4 unspecified atom stereocenters. The summed E-state index contributed by atoms with van der Waals surface area (Å²) in [6.07, 6.45) is 2.71. The van der Waals surface area contributed by atoms with Gasteiger partial charge in [-0.3, -0.25) is 19.2 Å². The fourth-order valence-corrected chi connectivity index (χ4v) is 3.14. The number of aromatic amines is 1. The molecule has 13 nitrogen and oxygen atoms in total. The van der Waals surface area contributed by atoms with E-state index in [0.29, 0.717) is 5.69 Å². The number of aromatic nitrogens is 2. The molecular weight excluding hydrogens is 466 g/mol. The van der Waals surface area contributed by atoms with Gasteiger partial charge in [0.05, 0.1) is 12.4 Å². The van der Waals surface area contributed by atoms with Crippen molar-refractivity contribution in [1.29, 1.82) is 0 Å². The van der Waals surface area contributed by atoms with Crippen LogP contribution in [0.5, 0.6) is 0 Å². The van der Waals surface area contributed by atoms with Crippen LogP contribution in [0.2, 0.25) is 0 Å². The minimum atomic E-state index is -1.36. The van der Waals surface area contributed by atoms with E-state index in [1.54, 1.807) is 0 Å². The Labute approximate surface area is 202 Å². The molecule has 34 heavy (non-hydrogen) atoms. The number of rotatable bonds is 15. The zero-order valence-electron chi connectivity index (χ0n) is 19.1. The first kappa shape index (κ1) is 28.9. The average molecular weight is 500 g/mol. The molecule has 0 spiro atoms. The van der Waals surface area contributed by atoms with E-state index >= 15 is 0 Å². The predicted octanol–water partition coefficient (Wildman–Crippen LogP) is -1.94. The topological polar surface area (TPSA) is 222 Å². The lowest BCUT2D eigenvalue weighted by Crippen LogP contribution is -2.58. The van der Waals surface area contributed by atoms with Gasteiger partial charge in [0.15, 0.2) is 0 Å². The molecule has 1 aromatic heterocycles. The molecule has 9 N–H and O–H groups in total. The third-order valence-corrected chi connectivity index (χ3v) is 5.17. The first-order valence-electron chi connectivity index (χ1n) is 10.7. The molecule has 0 radical (unpaired) electrons. The molecule has 4 atom stereocenters. The van der Waals surface area contributed by atoms with Crippen molar-refractivity contribution in [2.75, 3.05) is 5.75 Å². The van der Waals surface area contributed by atoms with E-state index in [9.17, 15) is 29.1 Å². The molecule has 0 fully saturated rings. The van der Waals surface area contributed by atoms with Gasteiger partial charge >= 0.3 is 5.97 Å². The second-order valence-electron chi connectivity index (χ2n) is 8.23. The largest absolute Gasteiger partial charge is 0.480 e. The van der Waals surface area contributed by atoms with Crippen molar-refractivity contribution < 1.29 is 29.1 Å². The Morgan fingerprint density at radius 1 is 1.06 bits per heavy atom. The summed E-state index contributed by atoms with van der Waals surface area (Å²) in [6.45, 7) is 3.65. The van der Waals surface area contributed by atoms with E-state index < -0.39 is 53.8 Å². The zero-order chi connectivity index (χ0) is 25.8. The summed E-state index contributed by atoms with van der Waals surface area (Å²) >= 11 is 3.98. The van der Waals surface area contributed by atoms with E-state index in [2.05, 4.69) is 38.5 Å². The quantitative estimate of drug-likeness (QED) is 0.126. The standard InChI is InChI=1S/C20H33N7O6S/c1-10(2)5-14(18(30)25-13(20(32)33)3-4-16(22)28)27-19(31)15(6-11-7-23-9-24-11)26-17(29)12(21)8-34/h7,9-10,12-15,34H,3-6,8,21H2,1-2H3,(H2,22,28)(H,23,24)(H,25,30)(H,26,29)(H,27,31)(H,32,33). The van der Waals surface area contributed by atoms with Gasteiger partial charge in [-0.1, -0.05) is 13.8 Å². The molecule has 190 valence electrons. The highest BCUT2D eigenvalue weighted by Gasteiger charge is 2.31. The van der Waals surface area contributed by atoms with Crippen LogP contribution in [0.15, 0.2) is 12.5 Å². The maximum absolute atomic E-state index is 13.1. The third kappa shape index (κ3) is 10.2. The Kier molecular flexibility index (Phi) is 12.1. The summed E-state index contributed by atoms with van der Waals surface area (Å²) in [5.74, 6) is -4.03. The Bertz CT molecular complexity index is 848. The Morgan fingerprint density at radius 3 is 2.15 bits per heavy atom. The number of hydrogen-bond acceptors (Lipinski definition) is 8. The van der Waals surface area contributed by atoms with Crippen LogP contribution in [0.3, 0.4) is 0 Å². The van der Waals surface area contributed by atoms with Gasteiger partial charge in [-0.05, 0) is 18.8 Å². The third-order valence-electron chi connectivity index (χ3n) is 4.78. The highest BCUT2D eigenvalue weighted by atomic mass is 32.1. The predicted molar refractivity (Wildman–Crippen MR) is 125 cm³/mol. The lowest BCUT2D eigenvalue weighted by atomic mass is 10.0. The first-order chi connectivity index (χ1) is 15.9. The molecule has 1 rings (SSSR count). The van der Waals surface area contributed by atoms with Crippen LogP contribution < -0.4 is 27.4 Å². The molecule has 0 saturated heterocycles. The molecule has 14 heteroatoms. The van der Waals surface area contributed by atoms with Gasteiger partial charge in [-0.15, -0.1) is 0 Å². The fourth-order valence-electron chi connectivity index (χ4n) is 2.98. The molecule has 0 aliphatic rings. The summed E-state index contributed by atoms with van der Waals surface area (Å²) in [6, 6.07) is -4.49.